The molecule has 0 aliphatic carbocycles. The average molecular weight is 227 g/mol. The number of ether oxygens (including phenoxy) is 2. The van der Waals surface area contributed by atoms with Crippen LogP contribution in [0.5, 0.6) is 0 Å². The van der Waals surface area contributed by atoms with E-state index in [-0.39, 0.29) is 0 Å². The van der Waals surface area contributed by atoms with Crippen LogP contribution >= 0.6 is 0 Å². The molecule has 0 aromatic carbocycles. The zero-order chi connectivity index (χ0) is 11.5. The molecule has 1 heterocycles. The second kappa shape index (κ2) is 10.1. The Morgan fingerprint density at radius 2 is 1.56 bits per heavy atom. The highest BCUT2D eigenvalue weighted by Crippen LogP contribution is 2.15. The molecule has 95 valence electrons. The van der Waals surface area contributed by atoms with Gasteiger partial charge in [0.1, 0.15) is 0 Å². The SMILES string of the molecule is [CH2]CCCCCCCCOCCCC1CO1. The number of epoxide rings is 1. The van der Waals surface area contributed by atoms with Crippen LogP contribution in [0.15, 0.2) is 0 Å². The lowest BCUT2D eigenvalue weighted by Gasteiger charge is -2.03. The Morgan fingerprint density at radius 3 is 2.25 bits per heavy atom. The van der Waals surface area contributed by atoms with Gasteiger partial charge in [0.15, 0.2) is 0 Å². The molecule has 0 bridgehead atoms. The standard InChI is InChI=1S/C14H27O2/c1-2-3-4-5-6-7-8-11-15-12-9-10-14-13-16-14/h14H,1-13H2. The normalized spacial score (nSPS) is 18.9. The largest absolute Gasteiger partial charge is 0.381 e. The Kier molecular flexibility index (Phi) is 8.83. The third-order valence-corrected chi connectivity index (χ3v) is 3.01. The van der Waals surface area contributed by atoms with Gasteiger partial charge in [-0.2, -0.15) is 0 Å². The molecule has 2 nitrogen and oxygen atoms in total. The average Bonchev–Trinajstić information content (AvgIpc) is 3.10. The molecule has 0 spiro atoms. The van der Waals surface area contributed by atoms with Gasteiger partial charge in [0.25, 0.3) is 0 Å². The van der Waals surface area contributed by atoms with E-state index in [1.807, 2.05) is 0 Å². The molecular formula is C14H27O2. The number of unbranched alkanes of at least 4 members (excludes halogenated alkanes) is 6. The fourth-order valence-electron chi connectivity index (χ4n) is 1.84. The molecule has 1 aliphatic rings. The molecule has 0 aromatic heterocycles. The Hall–Kier alpha value is -0.0800. The summed E-state index contributed by atoms with van der Waals surface area (Å²) in [5.74, 6) is 0. The summed E-state index contributed by atoms with van der Waals surface area (Å²) >= 11 is 0. The second-order valence-corrected chi connectivity index (χ2v) is 4.68. The third kappa shape index (κ3) is 9.17. The van der Waals surface area contributed by atoms with E-state index in [1.165, 1.54) is 44.9 Å². The second-order valence-electron chi connectivity index (χ2n) is 4.68. The van der Waals surface area contributed by atoms with E-state index in [0.717, 1.165) is 32.7 Å². The zero-order valence-corrected chi connectivity index (χ0v) is 10.6. The molecule has 0 saturated carbocycles. The summed E-state index contributed by atoms with van der Waals surface area (Å²) in [7, 11) is 0. The summed E-state index contributed by atoms with van der Waals surface area (Å²) in [6.45, 7) is 6.69. The minimum atomic E-state index is 0.566. The van der Waals surface area contributed by atoms with Crippen molar-refractivity contribution in [3.8, 4) is 0 Å². The van der Waals surface area contributed by atoms with E-state index in [9.17, 15) is 0 Å². The number of rotatable bonds is 12. The Bertz CT molecular complexity index is 144. The monoisotopic (exact) mass is 227 g/mol. The van der Waals surface area contributed by atoms with Gasteiger partial charge in [-0.05, 0) is 19.3 Å². The lowest BCUT2D eigenvalue weighted by atomic mass is 10.1. The van der Waals surface area contributed by atoms with Gasteiger partial charge in [0, 0.05) is 13.2 Å². The quantitative estimate of drug-likeness (QED) is 0.374. The maximum Gasteiger partial charge on any atom is 0.0810 e. The van der Waals surface area contributed by atoms with E-state index in [2.05, 4.69) is 6.92 Å². The van der Waals surface area contributed by atoms with Gasteiger partial charge < -0.3 is 9.47 Å². The van der Waals surface area contributed by atoms with Crippen LogP contribution < -0.4 is 0 Å². The summed E-state index contributed by atoms with van der Waals surface area (Å²) in [6, 6.07) is 0. The molecular weight excluding hydrogens is 200 g/mol. The van der Waals surface area contributed by atoms with E-state index >= 15 is 0 Å². The smallest absolute Gasteiger partial charge is 0.0810 e. The number of hydrogen-bond donors (Lipinski definition) is 0. The van der Waals surface area contributed by atoms with Crippen LogP contribution in [-0.2, 0) is 9.47 Å². The van der Waals surface area contributed by atoms with Gasteiger partial charge in [-0.1, -0.05) is 45.4 Å². The Morgan fingerprint density at radius 1 is 0.938 bits per heavy atom. The maximum absolute atomic E-state index is 5.57. The predicted molar refractivity (Wildman–Crippen MR) is 67.5 cm³/mol. The highest BCUT2D eigenvalue weighted by atomic mass is 16.6. The topological polar surface area (TPSA) is 21.8 Å². The minimum Gasteiger partial charge on any atom is -0.381 e. The summed E-state index contributed by atoms with van der Waals surface area (Å²) < 4.78 is 10.7. The predicted octanol–water partition coefficient (Wildman–Crippen LogP) is 3.75. The Balaban J connectivity index is 1.61. The molecule has 1 unspecified atom stereocenters. The van der Waals surface area contributed by atoms with E-state index in [0.29, 0.717) is 6.10 Å². The molecule has 1 saturated heterocycles. The van der Waals surface area contributed by atoms with Crippen LogP contribution in [-0.4, -0.2) is 25.9 Å². The van der Waals surface area contributed by atoms with Crippen LogP contribution in [0.2, 0.25) is 0 Å². The van der Waals surface area contributed by atoms with Gasteiger partial charge in [-0.15, -0.1) is 0 Å². The van der Waals surface area contributed by atoms with E-state index < -0.39 is 0 Å². The highest BCUT2D eigenvalue weighted by Gasteiger charge is 2.20. The van der Waals surface area contributed by atoms with Gasteiger partial charge in [0.2, 0.25) is 0 Å². The van der Waals surface area contributed by atoms with Crippen molar-refractivity contribution < 1.29 is 9.47 Å². The van der Waals surface area contributed by atoms with Gasteiger partial charge in [0.05, 0.1) is 12.7 Å². The fourth-order valence-corrected chi connectivity index (χ4v) is 1.84. The molecule has 0 aromatic rings. The maximum atomic E-state index is 5.57. The fraction of sp³-hybridized carbons (Fsp3) is 0.929. The summed E-state index contributed by atoms with van der Waals surface area (Å²) in [4.78, 5) is 0. The molecule has 2 heteroatoms. The van der Waals surface area contributed by atoms with Crippen molar-refractivity contribution >= 4 is 0 Å². The first-order valence-corrected chi connectivity index (χ1v) is 6.92. The first kappa shape index (κ1) is 14.0. The summed E-state index contributed by atoms with van der Waals surface area (Å²) in [6.07, 6.45) is 11.9. The van der Waals surface area contributed by atoms with Crippen LogP contribution in [0, 0.1) is 6.92 Å². The number of hydrogen-bond acceptors (Lipinski definition) is 2. The molecule has 16 heavy (non-hydrogen) atoms. The lowest BCUT2D eigenvalue weighted by Crippen LogP contribution is -1.98. The first-order valence-electron chi connectivity index (χ1n) is 6.92. The van der Waals surface area contributed by atoms with Crippen molar-refractivity contribution in [3.05, 3.63) is 6.92 Å². The van der Waals surface area contributed by atoms with E-state index in [1.54, 1.807) is 0 Å². The molecule has 1 rings (SSSR count). The van der Waals surface area contributed by atoms with Gasteiger partial charge in [-0.3, -0.25) is 0 Å². The van der Waals surface area contributed by atoms with Crippen molar-refractivity contribution in [3.63, 3.8) is 0 Å². The van der Waals surface area contributed by atoms with Crippen molar-refractivity contribution in [2.75, 3.05) is 19.8 Å². The zero-order valence-electron chi connectivity index (χ0n) is 10.6. The summed E-state index contributed by atoms with van der Waals surface area (Å²) in [5, 5.41) is 0. The van der Waals surface area contributed by atoms with E-state index in [4.69, 9.17) is 9.47 Å². The molecule has 1 radical (unpaired) electrons. The molecule has 1 atom stereocenters. The molecule has 0 amide bonds. The minimum absolute atomic E-state index is 0.566. The van der Waals surface area contributed by atoms with Crippen molar-refractivity contribution in [2.24, 2.45) is 0 Å². The molecule has 1 aliphatic heterocycles. The molecule has 1 fully saturated rings. The van der Waals surface area contributed by atoms with Crippen molar-refractivity contribution in [1.82, 2.24) is 0 Å². The first-order chi connectivity index (χ1) is 7.93. The highest BCUT2D eigenvalue weighted by molar-refractivity contribution is 4.67. The van der Waals surface area contributed by atoms with Gasteiger partial charge >= 0.3 is 0 Å². The van der Waals surface area contributed by atoms with Crippen LogP contribution in [0.3, 0.4) is 0 Å². The van der Waals surface area contributed by atoms with Crippen LogP contribution in [0.25, 0.3) is 0 Å². The summed E-state index contributed by atoms with van der Waals surface area (Å²) in [5.41, 5.74) is 0. The third-order valence-electron chi connectivity index (χ3n) is 3.01. The van der Waals surface area contributed by atoms with Crippen LogP contribution in [0.4, 0.5) is 0 Å². The van der Waals surface area contributed by atoms with Crippen molar-refractivity contribution in [2.45, 2.75) is 63.9 Å². The van der Waals surface area contributed by atoms with Gasteiger partial charge in [-0.25, -0.2) is 0 Å². The Labute approximate surface area is 101 Å². The molecule has 0 N–H and O–H groups in total. The lowest BCUT2D eigenvalue weighted by molar-refractivity contribution is 0.124. The van der Waals surface area contributed by atoms with Crippen molar-refractivity contribution in [1.29, 1.82) is 0 Å². The van der Waals surface area contributed by atoms with Crippen LogP contribution in [0.1, 0.15) is 57.8 Å².